The van der Waals surface area contributed by atoms with Crippen LogP contribution in [0.3, 0.4) is 0 Å². The summed E-state index contributed by atoms with van der Waals surface area (Å²) >= 11 is 0. The van der Waals surface area contributed by atoms with Gasteiger partial charge in [0.25, 0.3) is 11.4 Å². The maximum absolute atomic E-state index is 11.1. The lowest BCUT2D eigenvalue weighted by Gasteiger charge is -2.21. The number of nitrogens with zero attached hydrogens (tertiary/aromatic N) is 2. The molecule has 158 valence electrons. The van der Waals surface area contributed by atoms with Gasteiger partial charge in [0.05, 0.1) is 15.2 Å². The normalized spacial score (nSPS) is 12.6. The fraction of sp³-hybridized carbons (Fsp3) is 0. The quantitative estimate of drug-likeness (QED) is 0.118. The Morgan fingerprint density at radius 2 is 1.61 bits per heavy atom. The number of non-ortho nitro benzene ring substituents is 1. The second-order valence-electron chi connectivity index (χ2n) is 6.65. The molecule has 0 saturated heterocycles. The van der Waals surface area contributed by atoms with Crippen molar-refractivity contribution in [1.82, 2.24) is 0 Å². The minimum atomic E-state index is -4.29. The zero-order chi connectivity index (χ0) is 22.3. The van der Waals surface area contributed by atoms with E-state index in [0.29, 0.717) is 5.39 Å². The zero-order valence-electron chi connectivity index (χ0n) is 15.6. The Labute approximate surface area is 176 Å². The first-order valence-corrected chi connectivity index (χ1v) is 10.3. The highest BCUT2D eigenvalue weighted by molar-refractivity contribution is 8.19. The van der Waals surface area contributed by atoms with Crippen LogP contribution in [0.4, 0.5) is 17.1 Å². The van der Waals surface area contributed by atoms with Crippen molar-refractivity contribution in [3.05, 3.63) is 70.8 Å². The second kappa shape index (κ2) is 7.49. The molecule has 11 heteroatoms. The third-order valence-corrected chi connectivity index (χ3v) is 5.65. The standard InChI is InChI=1S/C20H15N3O7S/c24-16-8-5-11-3-1-2-4-13(11)19(16)21-22-20-14-7-6-12(23(26)27)9-15(14)18(10-17(20)25)31(28,29)30/h1-10,24-25,28-30H/p+1. The maximum atomic E-state index is 11.1. The molecule has 0 bridgehead atoms. The number of rotatable bonds is 4. The molecule has 6 N–H and O–H groups in total. The fourth-order valence-electron chi connectivity index (χ4n) is 3.30. The van der Waals surface area contributed by atoms with Gasteiger partial charge in [0.2, 0.25) is 0 Å². The summed E-state index contributed by atoms with van der Waals surface area (Å²) in [5.41, 5.74) is -0.162. The van der Waals surface area contributed by atoms with E-state index in [0.717, 1.165) is 23.6 Å². The van der Waals surface area contributed by atoms with Crippen LogP contribution in [0, 0.1) is 10.1 Å². The number of benzene rings is 4. The van der Waals surface area contributed by atoms with Crippen molar-refractivity contribution in [3.8, 4) is 11.5 Å². The highest BCUT2D eigenvalue weighted by Gasteiger charge is 2.27. The Bertz CT molecular complexity index is 1380. The van der Waals surface area contributed by atoms with E-state index >= 15 is 0 Å². The fourth-order valence-corrected chi connectivity index (χ4v) is 4.03. The lowest BCUT2D eigenvalue weighted by molar-refractivity contribution is -0.432. The van der Waals surface area contributed by atoms with Gasteiger partial charge in [0.15, 0.2) is 11.4 Å². The van der Waals surface area contributed by atoms with Gasteiger partial charge < -0.3 is 23.9 Å². The molecule has 0 heterocycles. The van der Waals surface area contributed by atoms with Crippen LogP contribution in [0.25, 0.3) is 21.5 Å². The van der Waals surface area contributed by atoms with Crippen LogP contribution in [0.1, 0.15) is 0 Å². The van der Waals surface area contributed by atoms with Gasteiger partial charge in [-0.15, -0.1) is 0 Å². The van der Waals surface area contributed by atoms with E-state index < -0.39 is 26.4 Å². The van der Waals surface area contributed by atoms with Crippen LogP contribution in [-0.2, 0) is 0 Å². The summed E-state index contributed by atoms with van der Waals surface area (Å²) in [7, 11) is -4.29. The first kappa shape index (κ1) is 20.5. The number of phenolic OH excluding ortho intramolecular Hbond substituents is 2. The van der Waals surface area contributed by atoms with Crippen molar-refractivity contribution < 1.29 is 33.9 Å². The van der Waals surface area contributed by atoms with Crippen molar-refractivity contribution >= 4 is 49.5 Å². The zero-order valence-corrected chi connectivity index (χ0v) is 16.4. The molecule has 0 aliphatic rings. The van der Waals surface area contributed by atoms with E-state index in [-0.39, 0.29) is 33.6 Å². The van der Waals surface area contributed by atoms with Crippen LogP contribution >= 0.6 is 10.9 Å². The molecule has 0 unspecified atom stereocenters. The molecule has 0 spiro atoms. The maximum Gasteiger partial charge on any atom is 0.278 e. The van der Waals surface area contributed by atoms with E-state index in [2.05, 4.69) is 10.2 Å². The number of nitro groups is 1. The molecule has 4 aromatic carbocycles. The summed E-state index contributed by atoms with van der Waals surface area (Å²) in [5.74, 6) is -0.611. The van der Waals surface area contributed by atoms with Crippen molar-refractivity contribution in [2.24, 2.45) is 5.11 Å². The first-order valence-electron chi connectivity index (χ1n) is 8.79. The number of phenols is 2. The van der Waals surface area contributed by atoms with Gasteiger partial charge in [-0.3, -0.25) is 10.1 Å². The van der Waals surface area contributed by atoms with E-state index in [9.17, 15) is 34.0 Å². The predicted molar refractivity (Wildman–Crippen MR) is 114 cm³/mol. The Morgan fingerprint density at radius 1 is 0.871 bits per heavy atom. The van der Waals surface area contributed by atoms with Gasteiger partial charge in [-0.1, -0.05) is 35.4 Å². The Morgan fingerprint density at radius 3 is 2.32 bits per heavy atom. The number of azo groups is 1. The smallest absolute Gasteiger partial charge is 0.278 e. The number of nitrogens with one attached hydrogen (secondary N) is 1. The van der Waals surface area contributed by atoms with Gasteiger partial charge >= 0.3 is 0 Å². The lowest BCUT2D eigenvalue weighted by Crippen LogP contribution is -2.57. The average Bonchev–Trinajstić information content (AvgIpc) is 2.72. The summed E-state index contributed by atoms with van der Waals surface area (Å²) in [4.78, 5) is 10.00. The molecular weight excluding hydrogens is 426 g/mol. The van der Waals surface area contributed by atoms with E-state index in [1.807, 2.05) is 12.1 Å². The number of aromatic hydroxyl groups is 2. The summed E-state index contributed by atoms with van der Waals surface area (Å²) < 4.78 is 29.2. The molecule has 0 amide bonds. The SMILES string of the molecule is O=[N+]([O-])c1ccc2c([NH+]=Nc3c(O)ccc4ccccc34)c(O)cc(S(O)(O)O)c2c1. The van der Waals surface area contributed by atoms with Crippen molar-refractivity contribution in [3.63, 3.8) is 0 Å². The second-order valence-corrected chi connectivity index (χ2v) is 8.13. The highest BCUT2D eigenvalue weighted by Crippen LogP contribution is 2.50. The first-order chi connectivity index (χ1) is 14.7. The third kappa shape index (κ3) is 3.73. The van der Waals surface area contributed by atoms with Gasteiger partial charge in [0.1, 0.15) is 16.6 Å². The Kier molecular flexibility index (Phi) is 4.95. The van der Waals surface area contributed by atoms with Crippen LogP contribution < -0.4 is 5.11 Å². The molecule has 0 aliphatic heterocycles. The van der Waals surface area contributed by atoms with Crippen LogP contribution in [0.2, 0.25) is 0 Å². The molecule has 0 aliphatic carbocycles. The molecule has 10 nitrogen and oxygen atoms in total. The molecule has 0 atom stereocenters. The van der Waals surface area contributed by atoms with Crippen molar-refractivity contribution in [1.29, 1.82) is 0 Å². The Balaban J connectivity index is 1.96. The monoisotopic (exact) mass is 442 g/mol. The largest absolute Gasteiger partial charge is 0.505 e. The predicted octanol–water partition coefficient (Wildman–Crippen LogP) is 4.39. The molecule has 31 heavy (non-hydrogen) atoms. The average molecular weight is 442 g/mol. The van der Waals surface area contributed by atoms with E-state index in [1.165, 1.54) is 12.1 Å². The summed E-state index contributed by atoms with van der Waals surface area (Å²) in [6.45, 7) is 0. The molecule has 0 radical (unpaired) electrons. The lowest BCUT2D eigenvalue weighted by atomic mass is 10.1. The molecule has 4 rings (SSSR count). The van der Waals surface area contributed by atoms with Crippen LogP contribution in [-0.4, -0.2) is 28.8 Å². The van der Waals surface area contributed by atoms with Crippen LogP contribution in [0.15, 0.2) is 70.7 Å². The molecule has 0 aromatic heterocycles. The van der Waals surface area contributed by atoms with E-state index in [4.69, 9.17) is 0 Å². The Hall–Kier alpha value is -3.77. The third-order valence-electron chi connectivity index (χ3n) is 4.73. The molecule has 0 saturated carbocycles. The summed E-state index contributed by atoms with van der Waals surface area (Å²) in [6.07, 6.45) is 0. The highest BCUT2D eigenvalue weighted by atomic mass is 32.3. The van der Waals surface area contributed by atoms with Crippen LogP contribution in [0.5, 0.6) is 11.5 Å². The summed E-state index contributed by atoms with van der Waals surface area (Å²) in [5, 5.41) is 40.2. The van der Waals surface area contributed by atoms with E-state index in [1.54, 1.807) is 18.2 Å². The van der Waals surface area contributed by atoms with Crippen molar-refractivity contribution in [2.45, 2.75) is 4.90 Å². The number of fused-ring (bicyclic) bond motifs is 2. The number of nitro benzene ring substituents is 1. The molecule has 0 fully saturated rings. The number of hydrogen-bond acceptors (Lipinski definition) is 8. The van der Waals surface area contributed by atoms with Gasteiger partial charge in [0, 0.05) is 34.1 Å². The van der Waals surface area contributed by atoms with Gasteiger partial charge in [-0.05, 0) is 17.5 Å². The van der Waals surface area contributed by atoms with Gasteiger partial charge in [-0.2, -0.15) is 0 Å². The molecular formula is C20H16N3O7S+. The number of hydrogen-bond donors (Lipinski definition) is 6. The minimum Gasteiger partial charge on any atom is -0.505 e. The van der Waals surface area contributed by atoms with Gasteiger partial charge in [-0.25, -0.2) is 0 Å². The van der Waals surface area contributed by atoms with Crippen molar-refractivity contribution in [2.75, 3.05) is 0 Å². The summed E-state index contributed by atoms with van der Waals surface area (Å²) in [6, 6.07) is 14.8. The molecule has 4 aromatic rings. The minimum absolute atomic E-state index is 0.00960. The topological polar surface area (TPSA) is 171 Å².